The Kier molecular flexibility index (Phi) is 3.70. The van der Waals surface area contributed by atoms with Gasteiger partial charge in [0, 0.05) is 11.8 Å². The summed E-state index contributed by atoms with van der Waals surface area (Å²) < 4.78 is 6.84. The van der Waals surface area contributed by atoms with Crippen LogP contribution >= 0.6 is 0 Å². The number of rotatable bonds is 4. The topological polar surface area (TPSA) is 60.7 Å². The van der Waals surface area contributed by atoms with Crippen molar-refractivity contribution in [2.75, 3.05) is 6.61 Å². The Morgan fingerprint density at radius 3 is 2.73 bits per heavy atom. The summed E-state index contributed by atoms with van der Waals surface area (Å²) in [6.45, 7) is 1.71. The summed E-state index contributed by atoms with van der Waals surface area (Å²) in [4.78, 5) is 28.3. The molecule has 0 aliphatic rings. The number of nitrogens with zero attached hydrogens (tertiary/aromatic N) is 2. The summed E-state index contributed by atoms with van der Waals surface area (Å²) in [5.74, 6) is -0.00374. The maximum absolute atomic E-state index is 12.0. The van der Waals surface area contributed by atoms with Gasteiger partial charge < -0.3 is 4.74 Å². The van der Waals surface area contributed by atoms with Gasteiger partial charge in [0.25, 0.3) is 5.56 Å². The van der Waals surface area contributed by atoms with Crippen molar-refractivity contribution in [2.24, 2.45) is 0 Å². The molecule has 0 bridgehead atoms. The highest BCUT2D eigenvalue weighted by Gasteiger charge is 2.09. The lowest BCUT2D eigenvalue weighted by Crippen LogP contribution is -2.17. The fourth-order valence-corrected chi connectivity index (χ4v) is 2.16. The largest absolute Gasteiger partial charge is 0.469 e. The predicted octanol–water partition coefficient (Wildman–Crippen LogP) is 2.26. The molecule has 0 unspecified atom stereocenters. The van der Waals surface area contributed by atoms with E-state index >= 15 is 0 Å². The van der Waals surface area contributed by atoms with Crippen molar-refractivity contribution < 1.29 is 9.53 Å². The Labute approximate surface area is 126 Å². The van der Waals surface area contributed by atoms with E-state index in [1.54, 1.807) is 36.5 Å². The molecule has 0 N–H and O–H groups in total. The molecule has 2 aromatic heterocycles. The molecule has 0 spiro atoms. The lowest BCUT2D eigenvalue weighted by atomic mass is 10.1. The van der Waals surface area contributed by atoms with Crippen molar-refractivity contribution in [3.05, 3.63) is 76.2 Å². The van der Waals surface area contributed by atoms with E-state index in [-0.39, 0.29) is 23.8 Å². The van der Waals surface area contributed by atoms with Gasteiger partial charge in [-0.05, 0) is 18.6 Å². The molecule has 2 heterocycles. The molecule has 1 aromatic carbocycles. The second-order valence-corrected chi connectivity index (χ2v) is 4.90. The summed E-state index contributed by atoms with van der Waals surface area (Å²) in [6.07, 6.45) is 1.65. The van der Waals surface area contributed by atoms with Crippen LogP contribution < -0.4 is 10.3 Å². The highest BCUT2D eigenvalue weighted by molar-refractivity contribution is 5.97. The van der Waals surface area contributed by atoms with E-state index in [1.165, 1.54) is 10.5 Å². The first-order chi connectivity index (χ1) is 10.6. The summed E-state index contributed by atoms with van der Waals surface area (Å²) in [6, 6.07) is 13.8. The van der Waals surface area contributed by atoms with E-state index in [1.807, 2.05) is 19.1 Å². The fraction of sp³-hybridized carbons (Fsp3) is 0.118. The lowest BCUT2D eigenvalue weighted by Gasteiger charge is -2.07. The van der Waals surface area contributed by atoms with Crippen LogP contribution in [0.1, 0.15) is 15.9 Å². The Morgan fingerprint density at radius 1 is 1.18 bits per heavy atom. The number of aromatic nitrogens is 2. The number of hydrogen-bond acceptors (Lipinski definition) is 4. The molecule has 0 fully saturated rings. The summed E-state index contributed by atoms with van der Waals surface area (Å²) >= 11 is 0. The van der Waals surface area contributed by atoms with E-state index in [0.717, 1.165) is 5.56 Å². The number of pyridine rings is 1. The maximum Gasteiger partial charge on any atom is 0.261 e. The van der Waals surface area contributed by atoms with Gasteiger partial charge in [-0.15, -0.1) is 0 Å². The Bertz CT molecular complexity index is 885. The molecular weight excluding hydrogens is 280 g/mol. The molecular formula is C17H14N2O3. The third-order valence-corrected chi connectivity index (χ3v) is 3.31. The molecule has 3 aromatic rings. The molecule has 22 heavy (non-hydrogen) atoms. The van der Waals surface area contributed by atoms with Crippen LogP contribution in [0, 0.1) is 6.92 Å². The number of carbonyl (C=O) groups is 1. The highest BCUT2D eigenvalue weighted by Crippen LogP contribution is 2.10. The van der Waals surface area contributed by atoms with Gasteiger partial charge in [-0.1, -0.05) is 36.4 Å². The lowest BCUT2D eigenvalue weighted by molar-refractivity contribution is 0.0918. The van der Waals surface area contributed by atoms with Crippen LogP contribution in [0.2, 0.25) is 0 Å². The molecule has 0 saturated heterocycles. The molecule has 0 aliphatic heterocycles. The van der Waals surface area contributed by atoms with E-state index in [9.17, 15) is 9.59 Å². The normalized spacial score (nSPS) is 10.6. The van der Waals surface area contributed by atoms with Crippen molar-refractivity contribution in [3.8, 4) is 5.88 Å². The van der Waals surface area contributed by atoms with Gasteiger partial charge in [0.15, 0.2) is 12.4 Å². The third-order valence-electron chi connectivity index (χ3n) is 3.31. The highest BCUT2D eigenvalue weighted by atomic mass is 16.5. The van der Waals surface area contributed by atoms with Crippen molar-refractivity contribution in [1.29, 1.82) is 0 Å². The van der Waals surface area contributed by atoms with Gasteiger partial charge in [0.05, 0.1) is 6.07 Å². The minimum atomic E-state index is -0.240. The number of aryl methyl sites for hydroxylation is 1. The molecule has 3 rings (SSSR count). The number of ketones is 1. The molecule has 5 nitrogen and oxygen atoms in total. The van der Waals surface area contributed by atoms with Crippen LogP contribution in [0.25, 0.3) is 5.65 Å². The van der Waals surface area contributed by atoms with Crippen molar-refractivity contribution >= 4 is 11.4 Å². The minimum Gasteiger partial charge on any atom is -0.469 e. The molecule has 0 aliphatic carbocycles. The first-order valence-electron chi connectivity index (χ1n) is 6.85. The van der Waals surface area contributed by atoms with Crippen LogP contribution in [-0.2, 0) is 0 Å². The predicted molar refractivity (Wildman–Crippen MR) is 82.5 cm³/mol. The molecule has 0 amide bonds. The number of benzene rings is 1. The van der Waals surface area contributed by atoms with Crippen molar-refractivity contribution in [3.63, 3.8) is 0 Å². The zero-order valence-corrected chi connectivity index (χ0v) is 12.0. The van der Waals surface area contributed by atoms with Gasteiger partial charge in [-0.3, -0.25) is 14.0 Å². The van der Waals surface area contributed by atoms with Crippen LogP contribution in [0.4, 0.5) is 0 Å². The second kappa shape index (κ2) is 5.81. The Balaban J connectivity index is 1.84. The van der Waals surface area contributed by atoms with Crippen LogP contribution in [0.5, 0.6) is 5.88 Å². The average molecular weight is 294 g/mol. The SMILES string of the molecule is Cc1cccn2c(=O)cc(OCC(=O)c3ccccc3)nc12. The summed E-state index contributed by atoms with van der Waals surface area (Å²) in [7, 11) is 0. The molecule has 0 saturated carbocycles. The van der Waals surface area contributed by atoms with Gasteiger partial charge >= 0.3 is 0 Å². The quantitative estimate of drug-likeness (QED) is 0.693. The number of hydrogen-bond donors (Lipinski definition) is 0. The van der Waals surface area contributed by atoms with Crippen molar-refractivity contribution in [2.45, 2.75) is 6.92 Å². The monoisotopic (exact) mass is 294 g/mol. The first kappa shape index (κ1) is 14.0. The van der Waals surface area contributed by atoms with Gasteiger partial charge in [-0.25, -0.2) is 0 Å². The number of ether oxygens (including phenoxy) is 1. The van der Waals surface area contributed by atoms with Crippen molar-refractivity contribution in [1.82, 2.24) is 9.38 Å². The number of carbonyl (C=O) groups excluding carboxylic acids is 1. The van der Waals surface area contributed by atoms with E-state index in [0.29, 0.717) is 11.2 Å². The number of Topliss-reactive ketones (excluding diaryl/α,β-unsaturated/α-hetero) is 1. The number of fused-ring (bicyclic) bond motifs is 1. The van der Waals surface area contributed by atoms with Crippen LogP contribution in [-0.4, -0.2) is 21.8 Å². The van der Waals surface area contributed by atoms with Gasteiger partial charge in [-0.2, -0.15) is 4.98 Å². The summed E-state index contributed by atoms with van der Waals surface area (Å²) in [5, 5.41) is 0. The zero-order chi connectivity index (χ0) is 15.5. The van der Waals surface area contributed by atoms with Gasteiger partial charge in [0.2, 0.25) is 5.88 Å². The fourth-order valence-electron chi connectivity index (χ4n) is 2.16. The van der Waals surface area contributed by atoms with E-state index in [4.69, 9.17) is 4.74 Å². The minimum absolute atomic E-state index is 0.154. The molecule has 0 radical (unpaired) electrons. The van der Waals surface area contributed by atoms with Gasteiger partial charge in [0.1, 0.15) is 5.65 Å². The van der Waals surface area contributed by atoms with E-state index < -0.39 is 0 Å². The first-order valence-corrected chi connectivity index (χ1v) is 6.85. The average Bonchev–Trinajstić information content (AvgIpc) is 2.54. The standard InChI is InChI=1S/C17H14N2O3/c1-12-6-5-9-19-16(21)10-15(18-17(12)19)22-11-14(20)13-7-3-2-4-8-13/h2-10H,11H2,1H3. The molecule has 110 valence electrons. The van der Waals surface area contributed by atoms with E-state index in [2.05, 4.69) is 4.98 Å². The zero-order valence-electron chi connectivity index (χ0n) is 12.0. The Hall–Kier alpha value is -2.95. The smallest absolute Gasteiger partial charge is 0.261 e. The molecule has 5 heteroatoms. The Morgan fingerprint density at radius 2 is 1.95 bits per heavy atom. The summed E-state index contributed by atoms with van der Waals surface area (Å²) in [5.41, 5.74) is 1.71. The second-order valence-electron chi connectivity index (χ2n) is 4.90. The van der Waals surface area contributed by atoms with Crippen LogP contribution in [0.15, 0.2) is 59.5 Å². The molecule has 0 atom stereocenters. The van der Waals surface area contributed by atoms with Crippen LogP contribution in [0.3, 0.4) is 0 Å². The maximum atomic E-state index is 12.0. The third kappa shape index (κ3) is 2.74.